The van der Waals surface area contributed by atoms with Crippen molar-refractivity contribution in [3.8, 4) is 5.75 Å². The second-order valence-electron chi connectivity index (χ2n) is 3.31. The molecule has 0 amide bonds. The van der Waals surface area contributed by atoms with E-state index in [-0.39, 0.29) is 17.6 Å². The first-order valence-corrected chi connectivity index (χ1v) is 4.76. The molecule has 0 aliphatic carbocycles. The number of ether oxygens (including phenoxy) is 1. The number of halogens is 3. The number of carbonyl (C=O) groups is 1. The average Bonchev–Trinajstić information content (AvgIpc) is 2.27. The number of rotatable bonds is 5. The van der Waals surface area contributed by atoms with Crippen LogP contribution >= 0.6 is 0 Å². The quantitative estimate of drug-likeness (QED) is 0.465. The normalized spacial score (nSPS) is 11.1. The summed E-state index contributed by atoms with van der Waals surface area (Å²) in [6.45, 7) is -0.638. The summed E-state index contributed by atoms with van der Waals surface area (Å²) in [6.07, 6.45) is -5.22. The highest BCUT2D eigenvalue weighted by molar-refractivity contribution is 5.81. The Morgan fingerprint density at radius 2 is 2.06 bits per heavy atom. The molecular weight excluding hydrogens is 255 g/mol. The van der Waals surface area contributed by atoms with Crippen LogP contribution in [0, 0.1) is 10.1 Å². The number of hydrogen-bond donors (Lipinski definition) is 0. The molecule has 0 aliphatic heterocycles. The highest BCUT2D eigenvalue weighted by atomic mass is 19.4. The lowest BCUT2D eigenvalue weighted by Crippen LogP contribution is -2.13. The van der Waals surface area contributed by atoms with Gasteiger partial charge in [0.05, 0.1) is 29.6 Å². The Morgan fingerprint density at radius 3 is 2.56 bits per heavy atom. The fourth-order valence-electron chi connectivity index (χ4n) is 1.16. The van der Waals surface area contributed by atoms with Crippen molar-refractivity contribution in [3.63, 3.8) is 0 Å². The number of alkyl halides is 3. The van der Waals surface area contributed by atoms with Crippen molar-refractivity contribution in [1.29, 1.82) is 0 Å². The van der Waals surface area contributed by atoms with Gasteiger partial charge in [0, 0.05) is 0 Å². The van der Waals surface area contributed by atoms with Crippen LogP contribution in [-0.2, 0) is 0 Å². The maximum absolute atomic E-state index is 11.9. The topological polar surface area (TPSA) is 69.4 Å². The standard InChI is InChI=1S/C10H8F3NO4/c11-10(12,13)3-4-18-8-2-1-7(6-15)9(5-8)14(16)17/h1-2,5-6H,3-4H2. The van der Waals surface area contributed by atoms with Gasteiger partial charge in [0.25, 0.3) is 5.69 Å². The van der Waals surface area contributed by atoms with Gasteiger partial charge in [-0.1, -0.05) is 0 Å². The van der Waals surface area contributed by atoms with Gasteiger partial charge in [-0.3, -0.25) is 14.9 Å². The number of nitro benzene ring substituents is 1. The second-order valence-corrected chi connectivity index (χ2v) is 3.31. The first-order valence-electron chi connectivity index (χ1n) is 4.76. The molecule has 0 unspecified atom stereocenters. The van der Waals surface area contributed by atoms with Gasteiger partial charge in [-0.25, -0.2) is 0 Å². The molecule has 0 radical (unpaired) electrons. The fourth-order valence-corrected chi connectivity index (χ4v) is 1.16. The fraction of sp³-hybridized carbons (Fsp3) is 0.300. The Hall–Kier alpha value is -2.12. The van der Waals surface area contributed by atoms with Crippen LogP contribution in [0.5, 0.6) is 5.75 Å². The largest absolute Gasteiger partial charge is 0.493 e. The molecule has 98 valence electrons. The Balaban J connectivity index is 2.76. The predicted octanol–water partition coefficient (Wildman–Crippen LogP) is 2.74. The van der Waals surface area contributed by atoms with Crippen LogP contribution in [0.2, 0.25) is 0 Å². The van der Waals surface area contributed by atoms with Gasteiger partial charge in [-0.05, 0) is 12.1 Å². The van der Waals surface area contributed by atoms with Crippen LogP contribution in [-0.4, -0.2) is 24.0 Å². The summed E-state index contributed by atoms with van der Waals surface area (Å²) >= 11 is 0. The van der Waals surface area contributed by atoms with Crippen LogP contribution in [0.4, 0.5) is 18.9 Å². The zero-order valence-corrected chi connectivity index (χ0v) is 8.94. The molecule has 18 heavy (non-hydrogen) atoms. The minimum absolute atomic E-state index is 0.0865. The van der Waals surface area contributed by atoms with Crippen molar-refractivity contribution in [3.05, 3.63) is 33.9 Å². The van der Waals surface area contributed by atoms with E-state index in [4.69, 9.17) is 4.74 Å². The Labute approximate surface area is 99.3 Å². The highest BCUT2D eigenvalue weighted by Gasteiger charge is 2.27. The lowest BCUT2D eigenvalue weighted by Gasteiger charge is -2.08. The number of aldehydes is 1. The monoisotopic (exact) mass is 263 g/mol. The van der Waals surface area contributed by atoms with E-state index in [2.05, 4.69) is 0 Å². The van der Waals surface area contributed by atoms with Gasteiger partial charge >= 0.3 is 6.18 Å². The molecule has 1 aromatic rings. The average molecular weight is 263 g/mol. The summed E-state index contributed by atoms with van der Waals surface area (Å²) in [5.41, 5.74) is -0.669. The number of hydrogen-bond acceptors (Lipinski definition) is 4. The van der Waals surface area contributed by atoms with Crippen LogP contribution in [0.1, 0.15) is 16.8 Å². The van der Waals surface area contributed by atoms with Crippen molar-refractivity contribution in [2.45, 2.75) is 12.6 Å². The third-order valence-electron chi connectivity index (χ3n) is 1.98. The maximum Gasteiger partial charge on any atom is 0.392 e. The molecule has 0 heterocycles. The van der Waals surface area contributed by atoms with Crippen molar-refractivity contribution in [2.75, 3.05) is 6.61 Å². The second kappa shape index (κ2) is 5.48. The van der Waals surface area contributed by atoms with E-state index in [0.29, 0.717) is 0 Å². The van der Waals surface area contributed by atoms with E-state index in [1.807, 2.05) is 0 Å². The first-order chi connectivity index (χ1) is 8.33. The summed E-state index contributed by atoms with van der Waals surface area (Å²) in [6, 6.07) is 3.24. The van der Waals surface area contributed by atoms with E-state index < -0.39 is 29.8 Å². The molecule has 0 saturated heterocycles. The molecule has 0 bridgehead atoms. The summed E-state index contributed by atoms with van der Waals surface area (Å²) in [5.74, 6) is -0.0865. The molecule has 0 spiro atoms. The zero-order chi connectivity index (χ0) is 13.8. The van der Waals surface area contributed by atoms with Crippen LogP contribution in [0.25, 0.3) is 0 Å². The van der Waals surface area contributed by atoms with Gasteiger partial charge in [-0.15, -0.1) is 0 Å². The van der Waals surface area contributed by atoms with Crippen LogP contribution in [0.3, 0.4) is 0 Å². The minimum Gasteiger partial charge on any atom is -0.493 e. The molecule has 5 nitrogen and oxygen atoms in total. The molecule has 0 saturated carbocycles. The van der Waals surface area contributed by atoms with Crippen molar-refractivity contribution < 1.29 is 27.6 Å². The zero-order valence-electron chi connectivity index (χ0n) is 8.94. The molecule has 0 atom stereocenters. The number of nitrogens with zero attached hydrogens (tertiary/aromatic N) is 1. The van der Waals surface area contributed by atoms with Gasteiger partial charge in [0.15, 0.2) is 6.29 Å². The molecule has 0 fully saturated rings. The smallest absolute Gasteiger partial charge is 0.392 e. The molecular formula is C10H8F3NO4. The van der Waals surface area contributed by atoms with Gasteiger partial charge < -0.3 is 4.74 Å². The van der Waals surface area contributed by atoms with Crippen molar-refractivity contribution in [1.82, 2.24) is 0 Å². The van der Waals surface area contributed by atoms with Gasteiger partial charge in [0.1, 0.15) is 5.75 Å². The summed E-state index contributed by atoms with van der Waals surface area (Å²) < 4.78 is 40.3. The van der Waals surface area contributed by atoms with Crippen molar-refractivity contribution in [2.24, 2.45) is 0 Å². The molecule has 1 rings (SSSR count). The molecule has 0 aliphatic rings. The lowest BCUT2D eigenvalue weighted by atomic mass is 10.2. The van der Waals surface area contributed by atoms with Crippen LogP contribution in [0.15, 0.2) is 18.2 Å². The van der Waals surface area contributed by atoms with E-state index >= 15 is 0 Å². The van der Waals surface area contributed by atoms with Crippen LogP contribution < -0.4 is 4.74 Å². The predicted molar refractivity (Wildman–Crippen MR) is 54.7 cm³/mol. The lowest BCUT2D eigenvalue weighted by molar-refractivity contribution is -0.385. The molecule has 0 N–H and O–H groups in total. The molecule has 0 aromatic heterocycles. The van der Waals surface area contributed by atoms with E-state index in [0.717, 1.165) is 12.1 Å². The minimum atomic E-state index is -4.35. The van der Waals surface area contributed by atoms with E-state index in [1.54, 1.807) is 0 Å². The first kappa shape index (κ1) is 13.9. The Kier molecular flexibility index (Phi) is 4.24. The maximum atomic E-state index is 11.9. The summed E-state index contributed by atoms with van der Waals surface area (Å²) in [5, 5.41) is 10.6. The third kappa shape index (κ3) is 4.04. The van der Waals surface area contributed by atoms with Gasteiger partial charge in [-0.2, -0.15) is 13.2 Å². The van der Waals surface area contributed by atoms with Gasteiger partial charge in [0.2, 0.25) is 0 Å². The van der Waals surface area contributed by atoms with E-state index in [1.165, 1.54) is 6.07 Å². The molecule has 8 heteroatoms. The molecule has 1 aromatic carbocycles. The summed E-state index contributed by atoms with van der Waals surface area (Å²) in [4.78, 5) is 20.3. The Morgan fingerprint density at radius 1 is 1.39 bits per heavy atom. The Bertz CT molecular complexity index is 459. The highest BCUT2D eigenvalue weighted by Crippen LogP contribution is 2.25. The SMILES string of the molecule is O=Cc1ccc(OCCC(F)(F)F)cc1[N+](=O)[O-]. The number of carbonyl (C=O) groups excluding carboxylic acids is 1. The van der Waals surface area contributed by atoms with Crippen molar-refractivity contribution >= 4 is 12.0 Å². The van der Waals surface area contributed by atoms with E-state index in [9.17, 15) is 28.1 Å². The number of benzene rings is 1. The summed E-state index contributed by atoms with van der Waals surface area (Å²) in [7, 11) is 0. The number of nitro groups is 1. The third-order valence-corrected chi connectivity index (χ3v) is 1.98.